The first kappa shape index (κ1) is 19.0. The van der Waals surface area contributed by atoms with E-state index in [0.717, 1.165) is 32.5 Å². The van der Waals surface area contributed by atoms with Crippen molar-refractivity contribution in [2.75, 3.05) is 40.3 Å². The number of carbonyl (C=O) groups is 1. The molecule has 1 heterocycles. The number of nitrogens with two attached hydrogens (primary N) is 1. The van der Waals surface area contributed by atoms with Crippen LogP contribution in [0.25, 0.3) is 0 Å². The van der Waals surface area contributed by atoms with Crippen LogP contribution in [0.5, 0.6) is 0 Å². The first-order valence-electron chi connectivity index (χ1n) is 8.85. The number of rotatable bonds is 3. The normalized spacial score (nSPS) is 37.4. The molecule has 2 aliphatic carbocycles. The van der Waals surface area contributed by atoms with E-state index in [1.165, 1.54) is 19.3 Å². The lowest BCUT2D eigenvalue weighted by atomic mass is 9.65. The number of amides is 1. The Labute approximate surface area is 146 Å². The Kier molecular flexibility index (Phi) is 6.72. The Morgan fingerprint density at radius 3 is 2.52 bits per heavy atom. The first-order valence-corrected chi connectivity index (χ1v) is 8.85. The Hall–Kier alpha value is -0.360. The largest absolute Gasteiger partial charge is 0.373 e. The highest BCUT2D eigenvalue weighted by atomic mass is 35.5. The van der Waals surface area contributed by atoms with Gasteiger partial charge in [0.2, 0.25) is 5.91 Å². The van der Waals surface area contributed by atoms with Gasteiger partial charge in [-0.05, 0) is 51.6 Å². The summed E-state index contributed by atoms with van der Waals surface area (Å²) in [4.78, 5) is 17.1. The smallest absolute Gasteiger partial charge is 0.225 e. The molecule has 0 aromatic rings. The predicted octanol–water partition coefficient (Wildman–Crippen LogP) is 1.35. The number of ether oxygens (including phenoxy) is 1. The number of fused-ring (bicyclic) bond motifs is 2. The van der Waals surface area contributed by atoms with Crippen molar-refractivity contribution in [1.82, 2.24) is 9.80 Å². The molecule has 1 saturated heterocycles. The number of morpholine rings is 1. The van der Waals surface area contributed by atoms with Gasteiger partial charge in [0.15, 0.2) is 0 Å². The third-order valence-electron chi connectivity index (χ3n) is 5.78. The molecule has 3 atom stereocenters. The van der Waals surface area contributed by atoms with Gasteiger partial charge in [-0.3, -0.25) is 4.79 Å². The monoisotopic (exact) mass is 345 g/mol. The summed E-state index contributed by atoms with van der Waals surface area (Å²) >= 11 is 0. The summed E-state index contributed by atoms with van der Waals surface area (Å²) in [5, 5.41) is 0. The SMILES string of the molecule is CN(C)CC1CN(C(=O)C2CC3CCCC(C2)C3N)CCO1.Cl. The summed E-state index contributed by atoms with van der Waals surface area (Å²) in [6.45, 7) is 3.05. The van der Waals surface area contributed by atoms with Crippen LogP contribution in [-0.2, 0) is 9.53 Å². The van der Waals surface area contributed by atoms with Crippen molar-refractivity contribution >= 4 is 18.3 Å². The minimum absolute atomic E-state index is 0. The molecule has 3 rings (SSSR count). The predicted molar refractivity (Wildman–Crippen MR) is 93.7 cm³/mol. The van der Waals surface area contributed by atoms with E-state index in [-0.39, 0.29) is 24.4 Å². The minimum Gasteiger partial charge on any atom is -0.373 e. The zero-order valence-corrected chi connectivity index (χ0v) is 15.3. The number of likely N-dealkylation sites (N-methyl/N-ethyl adjacent to an activating group) is 1. The van der Waals surface area contributed by atoms with Crippen molar-refractivity contribution in [2.24, 2.45) is 23.5 Å². The fraction of sp³-hybridized carbons (Fsp3) is 0.941. The summed E-state index contributed by atoms with van der Waals surface area (Å²) in [5.41, 5.74) is 6.35. The maximum absolute atomic E-state index is 12.9. The van der Waals surface area contributed by atoms with Gasteiger partial charge in [0.1, 0.15) is 0 Å². The van der Waals surface area contributed by atoms with Crippen LogP contribution in [0, 0.1) is 17.8 Å². The van der Waals surface area contributed by atoms with Crippen LogP contribution < -0.4 is 5.73 Å². The van der Waals surface area contributed by atoms with E-state index >= 15 is 0 Å². The molecule has 2 bridgehead atoms. The fourth-order valence-corrected chi connectivity index (χ4v) is 4.69. The van der Waals surface area contributed by atoms with Gasteiger partial charge >= 0.3 is 0 Å². The molecule has 2 N–H and O–H groups in total. The molecule has 134 valence electrons. The average Bonchev–Trinajstić information content (AvgIpc) is 2.46. The van der Waals surface area contributed by atoms with Gasteiger partial charge < -0.3 is 20.3 Å². The van der Waals surface area contributed by atoms with Crippen LogP contribution in [0.15, 0.2) is 0 Å². The molecular formula is C17H32ClN3O2. The lowest BCUT2D eigenvalue weighted by Gasteiger charge is -2.45. The highest BCUT2D eigenvalue weighted by Crippen LogP contribution is 2.42. The Morgan fingerprint density at radius 1 is 1.26 bits per heavy atom. The maximum Gasteiger partial charge on any atom is 0.225 e. The van der Waals surface area contributed by atoms with Gasteiger partial charge in [-0.1, -0.05) is 6.42 Å². The van der Waals surface area contributed by atoms with Gasteiger partial charge in [-0.15, -0.1) is 12.4 Å². The minimum atomic E-state index is 0. The molecule has 0 aromatic heterocycles. The standard InChI is InChI=1S/C17H31N3O2.ClH/c1-19(2)10-15-11-20(6-7-22-15)17(21)14-8-12-4-3-5-13(9-14)16(12)18;/h12-16H,3-11,18H2,1-2H3;1H. The molecule has 0 radical (unpaired) electrons. The maximum atomic E-state index is 12.9. The molecule has 2 saturated carbocycles. The van der Waals surface area contributed by atoms with Crippen LogP contribution >= 0.6 is 12.4 Å². The topological polar surface area (TPSA) is 58.8 Å². The van der Waals surface area contributed by atoms with Crippen LogP contribution in [0.4, 0.5) is 0 Å². The summed E-state index contributed by atoms with van der Waals surface area (Å²) < 4.78 is 5.79. The highest BCUT2D eigenvalue weighted by Gasteiger charge is 2.42. The highest BCUT2D eigenvalue weighted by molar-refractivity contribution is 5.85. The third-order valence-corrected chi connectivity index (χ3v) is 5.78. The summed E-state index contributed by atoms with van der Waals surface area (Å²) in [7, 11) is 4.10. The van der Waals surface area contributed by atoms with Crippen molar-refractivity contribution in [3.05, 3.63) is 0 Å². The second-order valence-corrected chi connectivity index (χ2v) is 7.74. The zero-order valence-electron chi connectivity index (χ0n) is 14.4. The van der Waals surface area contributed by atoms with Crippen molar-refractivity contribution in [2.45, 2.75) is 44.2 Å². The number of halogens is 1. The third kappa shape index (κ3) is 4.38. The van der Waals surface area contributed by atoms with Crippen LogP contribution in [-0.4, -0.2) is 68.2 Å². The van der Waals surface area contributed by atoms with Crippen LogP contribution in [0.3, 0.4) is 0 Å². The first-order chi connectivity index (χ1) is 10.5. The van der Waals surface area contributed by atoms with E-state index in [1.54, 1.807) is 0 Å². The summed E-state index contributed by atoms with van der Waals surface area (Å²) in [6.07, 6.45) is 5.89. The van der Waals surface area contributed by atoms with Gasteiger partial charge in [0.05, 0.1) is 12.7 Å². The van der Waals surface area contributed by atoms with E-state index in [9.17, 15) is 4.79 Å². The van der Waals surface area contributed by atoms with Gasteiger partial charge in [-0.2, -0.15) is 0 Å². The molecule has 1 aliphatic heterocycles. The van der Waals surface area contributed by atoms with Crippen molar-refractivity contribution in [1.29, 1.82) is 0 Å². The van der Waals surface area contributed by atoms with Crippen LogP contribution in [0.1, 0.15) is 32.1 Å². The molecule has 0 aromatic carbocycles. The Bertz CT molecular complexity index is 393. The zero-order chi connectivity index (χ0) is 15.7. The van der Waals surface area contributed by atoms with E-state index in [2.05, 4.69) is 9.80 Å². The van der Waals surface area contributed by atoms with E-state index in [4.69, 9.17) is 10.5 Å². The molecule has 6 heteroatoms. The van der Waals surface area contributed by atoms with E-state index < -0.39 is 0 Å². The van der Waals surface area contributed by atoms with E-state index in [1.807, 2.05) is 14.1 Å². The molecular weight excluding hydrogens is 314 g/mol. The summed E-state index contributed by atoms with van der Waals surface area (Å²) in [5.74, 6) is 1.70. The molecule has 23 heavy (non-hydrogen) atoms. The number of hydrogen-bond acceptors (Lipinski definition) is 4. The lowest BCUT2D eigenvalue weighted by Crippen LogP contribution is -2.53. The number of hydrogen-bond donors (Lipinski definition) is 1. The quantitative estimate of drug-likeness (QED) is 0.839. The molecule has 0 spiro atoms. The number of carbonyl (C=O) groups excluding carboxylic acids is 1. The lowest BCUT2D eigenvalue weighted by molar-refractivity contribution is -0.146. The second kappa shape index (κ2) is 8.15. The number of nitrogens with zero attached hydrogens (tertiary/aromatic N) is 2. The van der Waals surface area contributed by atoms with Crippen molar-refractivity contribution in [3.63, 3.8) is 0 Å². The van der Waals surface area contributed by atoms with Crippen LogP contribution in [0.2, 0.25) is 0 Å². The molecule has 3 fully saturated rings. The van der Waals surface area contributed by atoms with Gasteiger partial charge in [-0.25, -0.2) is 0 Å². The molecule has 1 amide bonds. The molecule has 5 nitrogen and oxygen atoms in total. The van der Waals surface area contributed by atoms with Crippen molar-refractivity contribution < 1.29 is 9.53 Å². The summed E-state index contributed by atoms with van der Waals surface area (Å²) in [6, 6.07) is 0.337. The van der Waals surface area contributed by atoms with Gasteiger partial charge in [0.25, 0.3) is 0 Å². The fourth-order valence-electron chi connectivity index (χ4n) is 4.69. The molecule has 3 unspecified atom stereocenters. The Morgan fingerprint density at radius 2 is 1.91 bits per heavy atom. The Balaban J connectivity index is 0.00000192. The van der Waals surface area contributed by atoms with Gasteiger partial charge in [0, 0.05) is 31.6 Å². The average molecular weight is 346 g/mol. The van der Waals surface area contributed by atoms with E-state index in [0.29, 0.717) is 30.4 Å². The second-order valence-electron chi connectivity index (χ2n) is 7.74. The van der Waals surface area contributed by atoms with Crippen molar-refractivity contribution in [3.8, 4) is 0 Å². The molecule has 3 aliphatic rings.